The summed E-state index contributed by atoms with van der Waals surface area (Å²) in [4.78, 5) is 12.1. The first-order valence-corrected chi connectivity index (χ1v) is 9.73. The molecule has 4 rings (SSSR count). The maximum atomic E-state index is 13.3. The van der Waals surface area contributed by atoms with Gasteiger partial charge in [0.2, 0.25) is 0 Å². The van der Waals surface area contributed by atoms with Crippen LogP contribution in [0.2, 0.25) is 0 Å². The van der Waals surface area contributed by atoms with Crippen LogP contribution in [0.15, 0.2) is 41.2 Å². The van der Waals surface area contributed by atoms with Crippen LogP contribution in [0.4, 0.5) is 8.78 Å². The van der Waals surface area contributed by atoms with Gasteiger partial charge < -0.3 is 5.11 Å². The highest BCUT2D eigenvalue weighted by Crippen LogP contribution is 2.49. The van der Waals surface area contributed by atoms with E-state index in [1.807, 2.05) is 43.3 Å². The highest BCUT2D eigenvalue weighted by molar-refractivity contribution is 7.16. The summed E-state index contributed by atoms with van der Waals surface area (Å²) >= 11 is 1.09. The van der Waals surface area contributed by atoms with Crippen molar-refractivity contribution in [2.24, 2.45) is 5.92 Å². The Morgan fingerprint density at radius 3 is 2.59 bits per heavy atom. The molecule has 0 aliphatic heterocycles. The van der Waals surface area contributed by atoms with Crippen molar-refractivity contribution in [1.29, 1.82) is 0 Å². The fourth-order valence-electron chi connectivity index (χ4n) is 3.41. The molecule has 3 nitrogen and oxygen atoms in total. The van der Waals surface area contributed by atoms with Crippen molar-refractivity contribution in [3.8, 4) is 11.1 Å². The van der Waals surface area contributed by atoms with Gasteiger partial charge in [-0.05, 0) is 61.2 Å². The minimum atomic E-state index is -2.64. The van der Waals surface area contributed by atoms with E-state index in [-0.39, 0.29) is 17.8 Å². The number of aromatic nitrogens is 1. The maximum absolute atomic E-state index is 13.3. The van der Waals surface area contributed by atoms with Gasteiger partial charge in [0.1, 0.15) is 0 Å². The molecule has 0 saturated heterocycles. The number of hydrogen-bond donors (Lipinski definition) is 1. The predicted octanol–water partition coefficient (Wildman–Crippen LogP) is 4.92. The van der Waals surface area contributed by atoms with Crippen molar-refractivity contribution in [2.75, 3.05) is 0 Å². The number of halogens is 2. The van der Waals surface area contributed by atoms with Crippen LogP contribution < -0.4 is 4.87 Å². The molecule has 1 fully saturated rings. The molecule has 2 aromatic carbocycles. The normalized spacial score (nSPS) is 18.8. The van der Waals surface area contributed by atoms with Crippen LogP contribution >= 0.6 is 11.3 Å². The zero-order valence-corrected chi connectivity index (χ0v) is 16.2. The number of aryl methyl sites for hydroxylation is 1. The topological polar surface area (TPSA) is 42.2 Å². The highest BCUT2D eigenvalue weighted by Gasteiger charge is 2.56. The number of rotatable bonds is 4. The summed E-state index contributed by atoms with van der Waals surface area (Å²) in [5, 5.41) is 10.3. The smallest absolute Gasteiger partial charge is 0.308 e. The Labute approximate surface area is 159 Å². The van der Waals surface area contributed by atoms with Gasteiger partial charge >= 0.3 is 4.87 Å². The van der Waals surface area contributed by atoms with Gasteiger partial charge in [-0.1, -0.05) is 29.5 Å². The van der Waals surface area contributed by atoms with E-state index in [1.165, 1.54) is 4.57 Å². The van der Waals surface area contributed by atoms with Crippen LogP contribution in [0.1, 0.15) is 31.4 Å². The molecule has 3 aromatic rings. The molecule has 0 bridgehead atoms. The molecule has 1 aliphatic carbocycles. The molecular formula is C21H21F2NO2S. The molecule has 27 heavy (non-hydrogen) atoms. The molecule has 1 unspecified atom stereocenters. The van der Waals surface area contributed by atoms with Crippen LogP contribution in [-0.4, -0.2) is 15.6 Å². The molecule has 1 aliphatic rings. The van der Waals surface area contributed by atoms with Crippen LogP contribution in [0.5, 0.6) is 0 Å². The maximum Gasteiger partial charge on any atom is 0.308 e. The SMILES string of the molecule is Cc1ccc(C(C)(C)O)cc1-c1ccc2c(c1)sc(=O)n2CC1CC1(F)F. The Balaban J connectivity index is 1.76. The van der Waals surface area contributed by atoms with Gasteiger partial charge in [-0.25, -0.2) is 8.78 Å². The second-order valence-electron chi connectivity index (χ2n) is 7.91. The molecule has 0 spiro atoms. The minimum absolute atomic E-state index is 0.0679. The van der Waals surface area contributed by atoms with Crippen molar-refractivity contribution < 1.29 is 13.9 Å². The minimum Gasteiger partial charge on any atom is -0.386 e. The average molecular weight is 389 g/mol. The van der Waals surface area contributed by atoms with Crippen LogP contribution in [0, 0.1) is 12.8 Å². The van der Waals surface area contributed by atoms with Crippen LogP contribution in [-0.2, 0) is 12.1 Å². The summed E-state index contributed by atoms with van der Waals surface area (Å²) in [6.45, 7) is 5.54. The largest absolute Gasteiger partial charge is 0.386 e. The molecule has 1 heterocycles. The molecule has 0 radical (unpaired) electrons. The lowest BCUT2D eigenvalue weighted by atomic mass is 9.91. The van der Waals surface area contributed by atoms with E-state index >= 15 is 0 Å². The fourth-order valence-corrected chi connectivity index (χ4v) is 4.35. The van der Waals surface area contributed by atoms with E-state index < -0.39 is 17.4 Å². The quantitative estimate of drug-likeness (QED) is 0.688. The number of alkyl halides is 2. The van der Waals surface area contributed by atoms with Gasteiger partial charge in [0.25, 0.3) is 5.92 Å². The molecule has 142 valence electrons. The van der Waals surface area contributed by atoms with Crippen molar-refractivity contribution in [1.82, 2.24) is 4.57 Å². The first-order chi connectivity index (χ1) is 12.6. The van der Waals surface area contributed by atoms with E-state index in [9.17, 15) is 18.7 Å². The molecule has 6 heteroatoms. The van der Waals surface area contributed by atoms with Crippen molar-refractivity contribution in [3.63, 3.8) is 0 Å². The third-order valence-electron chi connectivity index (χ3n) is 5.28. The van der Waals surface area contributed by atoms with E-state index in [0.717, 1.165) is 38.3 Å². The zero-order valence-electron chi connectivity index (χ0n) is 15.4. The third-order valence-corrected chi connectivity index (χ3v) is 6.22. The average Bonchev–Trinajstić information content (AvgIpc) is 3.05. The summed E-state index contributed by atoms with van der Waals surface area (Å²) in [5.74, 6) is -3.37. The van der Waals surface area contributed by atoms with Gasteiger partial charge in [0.15, 0.2) is 0 Å². The summed E-state index contributed by atoms with van der Waals surface area (Å²) in [6, 6.07) is 11.5. The molecule has 1 saturated carbocycles. The summed E-state index contributed by atoms with van der Waals surface area (Å²) in [5.41, 5.74) is 3.55. The first kappa shape index (κ1) is 18.3. The molecule has 1 N–H and O–H groups in total. The summed E-state index contributed by atoms with van der Waals surface area (Å²) < 4.78 is 28.8. The first-order valence-electron chi connectivity index (χ1n) is 8.91. The van der Waals surface area contributed by atoms with E-state index in [2.05, 4.69) is 0 Å². The monoisotopic (exact) mass is 389 g/mol. The van der Waals surface area contributed by atoms with E-state index in [4.69, 9.17) is 0 Å². The lowest BCUT2D eigenvalue weighted by Gasteiger charge is -2.20. The summed E-state index contributed by atoms with van der Waals surface area (Å²) in [6.07, 6.45) is -0.141. The standard InChI is InChI=1S/C21H21F2NO2S/c1-12-4-6-14(20(2,3)26)9-16(12)13-5-7-17-18(8-13)27-19(25)24(17)11-15-10-21(15,22)23/h4-9,15,26H,10-11H2,1-3H3. The fraction of sp³-hybridized carbons (Fsp3) is 0.381. The molecule has 1 atom stereocenters. The number of nitrogens with zero attached hydrogens (tertiary/aromatic N) is 1. The Hall–Kier alpha value is -2.05. The Morgan fingerprint density at radius 1 is 1.26 bits per heavy atom. The van der Waals surface area contributed by atoms with E-state index in [1.54, 1.807) is 13.8 Å². The number of hydrogen-bond acceptors (Lipinski definition) is 3. The summed E-state index contributed by atoms with van der Waals surface area (Å²) in [7, 11) is 0. The molecule has 1 aromatic heterocycles. The third kappa shape index (κ3) is 3.32. The second kappa shape index (κ2) is 5.97. The number of aliphatic hydroxyl groups is 1. The second-order valence-corrected chi connectivity index (χ2v) is 8.91. The molecule has 0 amide bonds. The highest BCUT2D eigenvalue weighted by atomic mass is 32.1. The Morgan fingerprint density at radius 2 is 1.96 bits per heavy atom. The van der Waals surface area contributed by atoms with Gasteiger partial charge in [-0.2, -0.15) is 0 Å². The van der Waals surface area contributed by atoms with E-state index in [0.29, 0.717) is 5.52 Å². The van der Waals surface area contributed by atoms with Gasteiger partial charge in [-0.3, -0.25) is 9.36 Å². The van der Waals surface area contributed by atoms with Crippen molar-refractivity contribution in [3.05, 3.63) is 57.2 Å². The van der Waals surface area contributed by atoms with Crippen molar-refractivity contribution in [2.45, 2.75) is 45.3 Å². The Bertz CT molecular complexity index is 1090. The number of thiazole rings is 1. The zero-order chi connectivity index (χ0) is 19.6. The predicted molar refractivity (Wildman–Crippen MR) is 105 cm³/mol. The van der Waals surface area contributed by atoms with Crippen molar-refractivity contribution >= 4 is 21.6 Å². The van der Waals surface area contributed by atoms with Gasteiger partial charge in [-0.15, -0.1) is 0 Å². The number of fused-ring (bicyclic) bond motifs is 1. The lowest BCUT2D eigenvalue weighted by Crippen LogP contribution is -2.16. The van der Waals surface area contributed by atoms with Crippen LogP contribution in [0.3, 0.4) is 0 Å². The Kier molecular flexibility index (Phi) is 4.05. The molecular weight excluding hydrogens is 368 g/mol. The van der Waals surface area contributed by atoms with Gasteiger partial charge in [0.05, 0.1) is 15.8 Å². The number of benzene rings is 2. The van der Waals surface area contributed by atoms with Gasteiger partial charge in [0, 0.05) is 18.9 Å². The van der Waals surface area contributed by atoms with Crippen LogP contribution in [0.25, 0.3) is 21.3 Å². The lowest BCUT2D eigenvalue weighted by molar-refractivity contribution is 0.0786.